The molecule has 106 valence electrons. The molecule has 20 heavy (non-hydrogen) atoms. The van der Waals surface area contributed by atoms with E-state index < -0.39 is 26.6 Å². The fourth-order valence-corrected chi connectivity index (χ4v) is 2.11. The maximum absolute atomic E-state index is 13.6. The molecule has 0 aliphatic rings. The summed E-state index contributed by atoms with van der Waals surface area (Å²) in [4.78, 5) is 14.9. The third-order valence-electron chi connectivity index (χ3n) is 2.45. The number of aryl methyl sites for hydroxylation is 1. The van der Waals surface area contributed by atoms with Gasteiger partial charge in [0.2, 0.25) is 15.8 Å². The van der Waals surface area contributed by atoms with Crippen LogP contribution < -0.4 is 10.5 Å². The average molecular weight is 299 g/mol. The van der Waals surface area contributed by atoms with Crippen molar-refractivity contribution < 1.29 is 22.0 Å². The van der Waals surface area contributed by atoms with Crippen molar-refractivity contribution in [1.82, 2.24) is 4.98 Å². The van der Waals surface area contributed by atoms with Crippen LogP contribution in [0, 0.1) is 12.7 Å². The zero-order valence-corrected chi connectivity index (χ0v) is 11.1. The summed E-state index contributed by atoms with van der Waals surface area (Å²) in [6, 6.07) is 3.03. The fraction of sp³-hybridized carbons (Fsp3) is 0.0909. The molecule has 9 heteroatoms. The number of carbonyl (C=O) groups is 1. The Morgan fingerprint density at radius 2 is 2.15 bits per heavy atom. The second-order valence-electron chi connectivity index (χ2n) is 3.91. The van der Waals surface area contributed by atoms with Gasteiger partial charge in [0.15, 0.2) is 6.39 Å². The van der Waals surface area contributed by atoms with Gasteiger partial charge in [0.05, 0.1) is 5.69 Å². The molecule has 2 rings (SSSR count). The third kappa shape index (κ3) is 2.83. The summed E-state index contributed by atoms with van der Waals surface area (Å²) in [5.41, 5.74) is 0.444. The SMILES string of the molecule is Cc1ncoc1C(=O)Nc1ccc(S(N)(=O)=O)c(F)c1. The topological polar surface area (TPSA) is 115 Å². The van der Waals surface area contributed by atoms with E-state index in [1.54, 1.807) is 6.92 Å². The molecule has 0 aliphatic heterocycles. The third-order valence-corrected chi connectivity index (χ3v) is 3.39. The number of benzene rings is 1. The smallest absolute Gasteiger partial charge is 0.293 e. The maximum atomic E-state index is 13.6. The van der Waals surface area contributed by atoms with Crippen LogP contribution in [0.2, 0.25) is 0 Å². The van der Waals surface area contributed by atoms with Gasteiger partial charge in [-0.3, -0.25) is 4.79 Å². The molecule has 0 unspecified atom stereocenters. The number of amides is 1. The number of anilines is 1. The van der Waals surface area contributed by atoms with Crippen LogP contribution in [0.3, 0.4) is 0 Å². The van der Waals surface area contributed by atoms with Crippen molar-refractivity contribution in [2.75, 3.05) is 5.32 Å². The predicted octanol–water partition coefficient (Wildman–Crippen LogP) is 1.02. The molecule has 1 amide bonds. The number of hydrogen-bond acceptors (Lipinski definition) is 5. The van der Waals surface area contributed by atoms with Crippen molar-refractivity contribution in [3.8, 4) is 0 Å². The molecule has 1 aromatic carbocycles. The molecular weight excluding hydrogens is 289 g/mol. The molecule has 0 saturated carbocycles. The lowest BCUT2D eigenvalue weighted by atomic mass is 10.3. The van der Waals surface area contributed by atoms with Crippen LogP contribution >= 0.6 is 0 Å². The van der Waals surface area contributed by atoms with Crippen LogP contribution in [-0.2, 0) is 10.0 Å². The molecule has 3 N–H and O–H groups in total. The van der Waals surface area contributed by atoms with Gasteiger partial charge in [0.1, 0.15) is 10.7 Å². The second-order valence-corrected chi connectivity index (χ2v) is 5.44. The van der Waals surface area contributed by atoms with Crippen molar-refractivity contribution in [3.05, 3.63) is 41.9 Å². The first-order valence-electron chi connectivity index (χ1n) is 5.33. The van der Waals surface area contributed by atoms with Crippen molar-refractivity contribution in [2.24, 2.45) is 5.14 Å². The quantitative estimate of drug-likeness (QED) is 0.878. The number of carbonyl (C=O) groups excluding carboxylic acids is 1. The van der Waals surface area contributed by atoms with E-state index in [9.17, 15) is 17.6 Å². The largest absolute Gasteiger partial charge is 0.438 e. The zero-order chi connectivity index (χ0) is 14.9. The Morgan fingerprint density at radius 1 is 1.45 bits per heavy atom. The summed E-state index contributed by atoms with van der Waals surface area (Å²) in [5.74, 6) is -1.69. The van der Waals surface area contributed by atoms with Gasteiger partial charge in [-0.2, -0.15) is 0 Å². The Balaban J connectivity index is 2.26. The highest BCUT2D eigenvalue weighted by Crippen LogP contribution is 2.18. The first kappa shape index (κ1) is 14.2. The lowest BCUT2D eigenvalue weighted by Gasteiger charge is -2.06. The van der Waals surface area contributed by atoms with Gasteiger partial charge in [-0.15, -0.1) is 0 Å². The predicted molar refractivity (Wildman–Crippen MR) is 67.0 cm³/mol. The first-order chi connectivity index (χ1) is 9.29. The lowest BCUT2D eigenvalue weighted by Crippen LogP contribution is -2.15. The number of oxazole rings is 1. The Bertz CT molecular complexity index is 770. The highest BCUT2D eigenvalue weighted by atomic mass is 32.2. The zero-order valence-electron chi connectivity index (χ0n) is 10.3. The number of nitrogens with zero attached hydrogens (tertiary/aromatic N) is 1. The minimum atomic E-state index is -4.14. The van der Waals surface area contributed by atoms with Crippen molar-refractivity contribution in [2.45, 2.75) is 11.8 Å². The van der Waals surface area contributed by atoms with Crippen LogP contribution in [-0.4, -0.2) is 19.3 Å². The number of hydrogen-bond donors (Lipinski definition) is 2. The van der Waals surface area contributed by atoms with Crippen LogP contribution in [0.25, 0.3) is 0 Å². The van der Waals surface area contributed by atoms with Crippen molar-refractivity contribution in [1.29, 1.82) is 0 Å². The van der Waals surface area contributed by atoms with E-state index >= 15 is 0 Å². The van der Waals surface area contributed by atoms with Crippen LogP contribution in [0.1, 0.15) is 16.2 Å². The van der Waals surface area contributed by atoms with E-state index in [1.165, 1.54) is 6.07 Å². The van der Waals surface area contributed by atoms with Gasteiger partial charge in [0.25, 0.3) is 5.91 Å². The molecule has 0 atom stereocenters. The van der Waals surface area contributed by atoms with E-state index in [2.05, 4.69) is 10.3 Å². The number of sulfonamides is 1. The van der Waals surface area contributed by atoms with Gasteiger partial charge >= 0.3 is 0 Å². The molecular formula is C11H10FN3O4S. The molecule has 0 bridgehead atoms. The molecule has 0 aliphatic carbocycles. The summed E-state index contributed by atoms with van der Waals surface area (Å²) in [6.07, 6.45) is 1.11. The monoisotopic (exact) mass is 299 g/mol. The Labute approximate surface area is 113 Å². The normalized spacial score (nSPS) is 11.3. The number of rotatable bonds is 3. The van der Waals surface area contributed by atoms with Gasteiger partial charge < -0.3 is 9.73 Å². The number of aromatic nitrogens is 1. The van der Waals surface area contributed by atoms with Crippen LogP contribution in [0.15, 0.2) is 33.9 Å². The summed E-state index contributed by atoms with van der Waals surface area (Å²) in [5, 5.41) is 7.18. The van der Waals surface area contributed by atoms with E-state index in [-0.39, 0.29) is 11.4 Å². The van der Waals surface area contributed by atoms with E-state index in [4.69, 9.17) is 9.56 Å². The second kappa shape index (κ2) is 5.02. The molecule has 0 radical (unpaired) electrons. The Morgan fingerprint density at radius 3 is 2.65 bits per heavy atom. The van der Waals surface area contributed by atoms with Crippen LogP contribution in [0.4, 0.5) is 10.1 Å². The molecule has 1 aromatic heterocycles. The summed E-state index contributed by atoms with van der Waals surface area (Å²) < 4.78 is 40.5. The number of primary sulfonamides is 1. The first-order valence-corrected chi connectivity index (χ1v) is 6.87. The van der Waals surface area contributed by atoms with E-state index in [0.29, 0.717) is 5.69 Å². The lowest BCUT2D eigenvalue weighted by molar-refractivity contribution is 0.0996. The fourth-order valence-electron chi connectivity index (χ4n) is 1.52. The standard InChI is InChI=1S/C11H10FN3O4S/c1-6-10(19-5-14-6)11(16)15-7-2-3-9(8(12)4-7)20(13,17)18/h2-5H,1H3,(H,15,16)(H2,13,17,18). The highest BCUT2D eigenvalue weighted by molar-refractivity contribution is 7.89. The van der Waals surface area contributed by atoms with E-state index in [0.717, 1.165) is 18.5 Å². The molecule has 0 spiro atoms. The molecule has 0 saturated heterocycles. The minimum Gasteiger partial charge on any atom is -0.438 e. The molecule has 0 fully saturated rings. The summed E-state index contributed by atoms with van der Waals surface area (Å²) in [7, 11) is -4.14. The number of nitrogens with one attached hydrogen (secondary N) is 1. The van der Waals surface area contributed by atoms with E-state index in [1.807, 2.05) is 0 Å². The summed E-state index contributed by atoms with van der Waals surface area (Å²) in [6.45, 7) is 1.57. The summed E-state index contributed by atoms with van der Waals surface area (Å²) >= 11 is 0. The van der Waals surface area contributed by atoms with Crippen LogP contribution in [0.5, 0.6) is 0 Å². The van der Waals surface area contributed by atoms with Gasteiger partial charge in [-0.25, -0.2) is 22.9 Å². The van der Waals surface area contributed by atoms with Gasteiger partial charge in [-0.05, 0) is 25.1 Å². The number of halogens is 1. The maximum Gasteiger partial charge on any atom is 0.293 e. The van der Waals surface area contributed by atoms with Crippen molar-refractivity contribution >= 4 is 21.6 Å². The molecule has 2 aromatic rings. The molecule has 1 heterocycles. The average Bonchev–Trinajstić information content (AvgIpc) is 2.73. The molecule has 7 nitrogen and oxygen atoms in total. The van der Waals surface area contributed by atoms with Crippen molar-refractivity contribution in [3.63, 3.8) is 0 Å². The Hall–Kier alpha value is -2.26. The number of nitrogens with two attached hydrogens (primary N) is 1. The van der Waals surface area contributed by atoms with Gasteiger partial charge in [-0.1, -0.05) is 0 Å². The minimum absolute atomic E-state index is 0.0130. The highest BCUT2D eigenvalue weighted by Gasteiger charge is 2.17. The van der Waals surface area contributed by atoms with Gasteiger partial charge in [0, 0.05) is 5.69 Å². The Kier molecular flexibility index (Phi) is 3.55.